The zero-order valence-corrected chi connectivity index (χ0v) is 11.7. The Labute approximate surface area is 124 Å². The van der Waals surface area contributed by atoms with Crippen molar-refractivity contribution < 1.29 is 13.6 Å². The van der Waals surface area contributed by atoms with Crippen molar-refractivity contribution >= 4 is 23.4 Å². The number of rotatable bonds is 3. The Morgan fingerprint density at radius 1 is 1.14 bits per heavy atom. The molecule has 21 heavy (non-hydrogen) atoms. The van der Waals surface area contributed by atoms with Gasteiger partial charge in [0.2, 0.25) is 5.91 Å². The predicted octanol–water partition coefficient (Wildman–Crippen LogP) is 2.65. The van der Waals surface area contributed by atoms with E-state index in [0.29, 0.717) is 11.6 Å². The monoisotopic (exact) mass is 307 g/mol. The van der Waals surface area contributed by atoms with Gasteiger partial charge in [0.25, 0.3) is 0 Å². The van der Waals surface area contributed by atoms with Crippen molar-refractivity contribution in [2.75, 3.05) is 11.4 Å². The van der Waals surface area contributed by atoms with Crippen molar-refractivity contribution in [2.45, 2.75) is 16.8 Å². The van der Waals surface area contributed by atoms with E-state index in [1.807, 2.05) is 0 Å². The molecule has 1 aliphatic heterocycles. The summed E-state index contributed by atoms with van der Waals surface area (Å²) in [5.41, 5.74) is -0.278. The molecule has 0 radical (unpaired) electrons. The molecule has 0 N–H and O–H groups in total. The van der Waals surface area contributed by atoms with Gasteiger partial charge in [-0.25, -0.2) is 18.7 Å². The Morgan fingerprint density at radius 3 is 2.48 bits per heavy atom. The van der Waals surface area contributed by atoms with E-state index >= 15 is 0 Å². The van der Waals surface area contributed by atoms with Gasteiger partial charge < -0.3 is 4.90 Å². The maximum Gasteiger partial charge on any atom is 0.240 e. The third-order valence-electron chi connectivity index (χ3n) is 3.15. The van der Waals surface area contributed by atoms with E-state index in [9.17, 15) is 13.6 Å². The van der Waals surface area contributed by atoms with E-state index in [2.05, 4.69) is 9.97 Å². The molecule has 0 saturated carbocycles. The molecule has 0 unspecified atom stereocenters. The third kappa shape index (κ3) is 2.73. The van der Waals surface area contributed by atoms with Crippen molar-refractivity contribution in [3.05, 3.63) is 48.3 Å². The molecule has 108 valence electrons. The van der Waals surface area contributed by atoms with Crippen LogP contribution in [-0.4, -0.2) is 27.7 Å². The van der Waals surface area contributed by atoms with Crippen LogP contribution in [0.1, 0.15) is 6.42 Å². The van der Waals surface area contributed by atoms with Crippen LogP contribution in [0.2, 0.25) is 0 Å². The van der Waals surface area contributed by atoms with Crippen LogP contribution in [0.15, 0.2) is 41.8 Å². The van der Waals surface area contributed by atoms with Gasteiger partial charge in [-0.3, -0.25) is 4.79 Å². The zero-order chi connectivity index (χ0) is 14.8. The van der Waals surface area contributed by atoms with Crippen LogP contribution in [0.5, 0.6) is 0 Å². The van der Waals surface area contributed by atoms with Gasteiger partial charge >= 0.3 is 0 Å². The van der Waals surface area contributed by atoms with Crippen LogP contribution in [0.4, 0.5) is 14.5 Å². The second-order valence-corrected chi connectivity index (χ2v) is 5.66. The molecule has 4 nitrogen and oxygen atoms in total. The number of anilines is 1. The van der Waals surface area contributed by atoms with Crippen molar-refractivity contribution in [3.8, 4) is 0 Å². The van der Waals surface area contributed by atoms with Crippen LogP contribution in [-0.2, 0) is 4.79 Å². The lowest BCUT2D eigenvalue weighted by molar-refractivity contribution is -0.116. The summed E-state index contributed by atoms with van der Waals surface area (Å²) in [7, 11) is 0. The lowest BCUT2D eigenvalue weighted by atomic mass is 10.2. The average Bonchev–Trinajstić information content (AvgIpc) is 2.82. The highest BCUT2D eigenvalue weighted by Gasteiger charge is 2.36. The molecule has 2 aromatic rings. The predicted molar refractivity (Wildman–Crippen MR) is 75.0 cm³/mol. The molecule has 1 saturated heterocycles. The summed E-state index contributed by atoms with van der Waals surface area (Å²) in [6, 6.07) is 5.25. The van der Waals surface area contributed by atoms with E-state index in [0.717, 1.165) is 17.0 Å². The van der Waals surface area contributed by atoms with Gasteiger partial charge in [-0.05, 0) is 24.6 Å². The standard InChI is InChI=1S/C14H11F2N3OS/c15-9-3-1-4-10(16)12(9)19-8-5-11(13(19)20)21-14-17-6-2-7-18-14/h1-4,6-7,11H,5,8H2/t11-/m1/s1. The summed E-state index contributed by atoms with van der Waals surface area (Å²) in [4.78, 5) is 21.6. The van der Waals surface area contributed by atoms with Gasteiger partial charge in [-0.15, -0.1) is 0 Å². The highest BCUT2D eigenvalue weighted by atomic mass is 32.2. The molecule has 7 heteroatoms. The van der Waals surface area contributed by atoms with Crippen molar-refractivity contribution in [1.82, 2.24) is 9.97 Å². The molecule has 0 spiro atoms. The summed E-state index contributed by atoms with van der Waals surface area (Å²) in [6.45, 7) is 0.279. The largest absolute Gasteiger partial charge is 0.306 e. The zero-order valence-electron chi connectivity index (χ0n) is 10.9. The fourth-order valence-corrected chi connectivity index (χ4v) is 3.15. The molecule has 1 aliphatic rings. The first-order valence-electron chi connectivity index (χ1n) is 6.36. The molecule has 1 aromatic heterocycles. The van der Waals surface area contributed by atoms with Crippen LogP contribution in [0.25, 0.3) is 0 Å². The van der Waals surface area contributed by atoms with Gasteiger partial charge in [-0.2, -0.15) is 0 Å². The lowest BCUT2D eigenvalue weighted by Gasteiger charge is -2.17. The van der Waals surface area contributed by atoms with Gasteiger partial charge in [0, 0.05) is 18.9 Å². The SMILES string of the molecule is O=C1[C@H](Sc2ncccn2)CCN1c1c(F)cccc1F. The number of para-hydroxylation sites is 1. The smallest absolute Gasteiger partial charge is 0.240 e. The van der Waals surface area contributed by atoms with Crippen molar-refractivity contribution in [2.24, 2.45) is 0 Å². The minimum Gasteiger partial charge on any atom is -0.306 e. The molecule has 1 atom stereocenters. The van der Waals surface area contributed by atoms with Crippen LogP contribution in [0, 0.1) is 11.6 Å². The Kier molecular flexibility index (Phi) is 3.83. The molecular formula is C14H11F2N3OS. The van der Waals surface area contributed by atoms with E-state index in [4.69, 9.17) is 0 Å². The second-order valence-electron chi connectivity index (χ2n) is 4.49. The topological polar surface area (TPSA) is 46.1 Å². The number of nitrogens with zero attached hydrogens (tertiary/aromatic N) is 3. The normalized spacial score (nSPS) is 18.3. The number of amides is 1. The van der Waals surface area contributed by atoms with Gasteiger partial charge in [0.1, 0.15) is 17.3 Å². The minimum absolute atomic E-state index is 0.278. The molecule has 1 amide bonds. The van der Waals surface area contributed by atoms with Crippen LogP contribution in [0.3, 0.4) is 0 Å². The van der Waals surface area contributed by atoms with Gasteiger partial charge in [0.05, 0.1) is 5.25 Å². The number of carbonyl (C=O) groups excluding carboxylic acids is 1. The summed E-state index contributed by atoms with van der Waals surface area (Å²) in [5.74, 6) is -1.79. The maximum absolute atomic E-state index is 13.8. The molecule has 2 heterocycles. The van der Waals surface area contributed by atoms with E-state index < -0.39 is 16.9 Å². The van der Waals surface area contributed by atoms with Gasteiger partial charge in [-0.1, -0.05) is 17.8 Å². The number of hydrogen-bond donors (Lipinski definition) is 0. The first kappa shape index (κ1) is 13.9. The van der Waals surface area contributed by atoms with E-state index in [-0.39, 0.29) is 18.1 Å². The number of carbonyl (C=O) groups is 1. The molecular weight excluding hydrogens is 296 g/mol. The summed E-state index contributed by atoms with van der Waals surface area (Å²) >= 11 is 1.21. The number of halogens is 2. The van der Waals surface area contributed by atoms with Crippen LogP contribution >= 0.6 is 11.8 Å². The summed E-state index contributed by atoms with van der Waals surface area (Å²) in [5, 5.41) is 0.0538. The number of benzene rings is 1. The van der Waals surface area contributed by atoms with Gasteiger partial charge in [0.15, 0.2) is 5.16 Å². The Hall–Kier alpha value is -2.02. The first-order valence-corrected chi connectivity index (χ1v) is 7.24. The molecule has 1 aromatic carbocycles. The van der Waals surface area contributed by atoms with Crippen LogP contribution < -0.4 is 4.90 Å². The summed E-state index contributed by atoms with van der Waals surface area (Å²) in [6.07, 6.45) is 3.67. The number of hydrogen-bond acceptors (Lipinski definition) is 4. The van der Waals surface area contributed by atoms with E-state index in [1.54, 1.807) is 18.5 Å². The molecule has 0 aliphatic carbocycles. The maximum atomic E-state index is 13.8. The Balaban J connectivity index is 1.81. The quantitative estimate of drug-likeness (QED) is 0.818. The highest BCUT2D eigenvalue weighted by Crippen LogP contribution is 2.33. The van der Waals surface area contributed by atoms with Crippen molar-refractivity contribution in [1.29, 1.82) is 0 Å². The lowest BCUT2D eigenvalue weighted by Crippen LogP contribution is -2.29. The Morgan fingerprint density at radius 2 is 1.81 bits per heavy atom. The summed E-state index contributed by atoms with van der Waals surface area (Å²) < 4.78 is 27.5. The second kappa shape index (κ2) is 5.77. The minimum atomic E-state index is -0.732. The fourth-order valence-electron chi connectivity index (χ4n) is 2.21. The molecule has 3 rings (SSSR count). The third-order valence-corrected chi connectivity index (χ3v) is 4.30. The fraction of sp³-hybridized carbons (Fsp3) is 0.214. The molecule has 1 fully saturated rings. The van der Waals surface area contributed by atoms with Crippen molar-refractivity contribution in [3.63, 3.8) is 0 Å². The Bertz CT molecular complexity index is 648. The highest BCUT2D eigenvalue weighted by molar-refractivity contribution is 8.00. The number of thioether (sulfide) groups is 1. The first-order chi connectivity index (χ1) is 10.2. The molecule has 0 bridgehead atoms. The number of aromatic nitrogens is 2. The van der Waals surface area contributed by atoms with E-state index in [1.165, 1.54) is 17.8 Å². The average molecular weight is 307 g/mol.